The zero-order chi connectivity index (χ0) is 15.0. The molecule has 0 aromatic heterocycles. The first kappa shape index (κ1) is 14.5. The summed E-state index contributed by atoms with van der Waals surface area (Å²) in [7, 11) is 0. The molecule has 3 rings (SSSR count). The summed E-state index contributed by atoms with van der Waals surface area (Å²) in [5.74, 6) is 0.0711. The summed E-state index contributed by atoms with van der Waals surface area (Å²) in [6, 6.07) is 6.27. The summed E-state index contributed by atoms with van der Waals surface area (Å²) >= 11 is 0. The van der Waals surface area contributed by atoms with E-state index in [1.54, 1.807) is 12.1 Å². The van der Waals surface area contributed by atoms with Gasteiger partial charge in [-0.25, -0.2) is 4.39 Å². The van der Waals surface area contributed by atoms with Crippen LogP contribution in [0.2, 0.25) is 0 Å². The molecule has 0 bridgehead atoms. The van der Waals surface area contributed by atoms with Crippen molar-refractivity contribution >= 4 is 5.91 Å². The van der Waals surface area contributed by atoms with E-state index in [0.717, 1.165) is 12.0 Å². The zero-order valence-corrected chi connectivity index (χ0v) is 12.4. The van der Waals surface area contributed by atoms with Crippen LogP contribution in [0.15, 0.2) is 24.3 Å². The topological polar surface area (TPSA) is 41.6 Å². The highest BCUT2D eigenvalue weighted by atomic mass is 19.1. The molecule has 3 unspecified atom stereocenters. The Morgan fingerprint density at radius 2 is 2.05 bits per heavy atom. The van der Waals surface area contributed by atoms with Crippen molar-refractivity contribution < 1.29 is 13.9 Å². The Labute approximate surface area is 124 Å². The van der Waals surface area contributed by atoms with Gasteiger partial charge in [-0.1, -0.05) is 26.0 Å². The SMILES string of the molecule is CC(C)C1NC(c2ccc(F)cc2)N(C2CCOC2)C1=O. The minimum absolute atomic E-state index is 0.101. The van der Waals surface area contributed by atoms with Gasteiger partial charge in [0.1, 0.15) is 12.0 Å². The first-order valence-corrected chi connectivity index (χ1v) is 7.49. The summed E-state index contributed by atoms with van der Waals surface area (Å²) in [6.07, 6.45) is 0.660. The fourth-order valence-electron chi connectivity index (χ4n) is 3.12. The van der Waals surface area contributed by atoms with E-state index >= 15 is 0 Å². The van der Waals surface area contributed by atoms with Crippen molar-refractivity contribution in [3.8, 4) is 0 Å². The molecular weight excluding hydrogens is 271 g/mol. The van der Waals surface area contributed by atoms with Crippen LogP contribution in [0.5, 0.6) is 0 Å². The van der Waals surface area contributed by atoms with Gasteiger partial charge >= 0.3 is 0 Å². The number of hydrogen-bond acceptors (Lipinski definition) is 3. The van der Waals surface area contributed by atoms with E-state index in [1.165, 1.54) is 12.1 Å². The molecule has 0 radical (unpaired) electrons. The third kappa shape index (κ3) is 2.68. The third-order valence-corrected chi connectivity index (χ3v) is 4.29. The van der Waals surface area contributed by atoms with E-state index < -0.39 is 0 Å². The first-order valence-electron chi connectivity index (χ1n) is 7.49. The van der Waals surface area contributed by atoms with Crippen LogP contribution in [0.1, 0.15) is 32.0 Å². The molecule has 1 N–H and O–H groups in total. The molecule has 2 aliphatic rings. The lowest BCUT2D eigenvalue weighted by atomic mass is 10.0. The van der Waals surface area contributed by atoms with Crippen LogP contribution < -0.4 is 5.32 Å². The Hall–Kier alpha value is -1.46. The average Bonchev–Trinajstić information content (AvgIpc) is 3.06. The van der Waals surface area contributed by atoms with E-state index in [1.807, 2.05) is 18.7 Å². The van der Waals surface area contributed by atoms with E-state index in [4.69, 9.17) is 4.74 Å². The second kappa shape index (κ2) is 5.73. The normalized spacial score (nSPS) is 29.6. The number of nitrogens with one attached hydrogen (secondary N) is 1. The Morgan fingerprint density at radius 1 is 1.33 bits per heavy atom. The van der Waals surface area contributed by atoms with Crippen molar-refractivity contribution in [3.63, 3.8) is 0 Å². The number of halogens is 1. The lowest BCUT2D eigenvalue weighted by Crippen LogP contribution is -2.41. The van der Waals surface area contributed by atoms with Crippen LogP contribution in [0.4, 0.5) is 4.39 Å². The summed E-state index contributed by atoms with van der Waals surface area (Å²) in [4.78, 5) is 14.6. The molecule has 2 saturated heterocycles. The molecular formula is C16H21FN2O2. The fraction of sp³-hybridized carbons (Fsp3) is 0.562. The first-order chi connectivity index (χ1) is 10.1. The van der Waals surface area contributed by atoms with Crippen molar-refractivity contribution in [3.05, 3.63) is 35.6 Å². The Balaban J connectivity index is 1.91. The monoisotopic (exact) mass is 292 g/mol. The molecule has 2 aliphatic heterocycles. The minimum Gasteiger partial charge on any atom is -0.379 e. The quantitative estimate of drug-likeness (QED) is 0.927. The summed E-state index contributed by atoms with van der Waals surface area (Å²) in [5, 5.41) is 3.40. The summed E-state index contributed by atoms with van der Waals surface area (Å²) in [6.45, 7) is 5.34. The maximum absolute atomic E-state index is 13.1. The average molecular weight is 292 g/mol. The number of amides is 1. The van der Waals surface area contributed by atoms with E-state index in [-0.39, 0.29) is 35.9 Å². The molecule has 2 fully saturated rings. The molecule has 0 saturated carbocycles. The van der Waals surface area contributed by atoms with Crippen molar-refractivity contribution in [1.29, 1.82) is 0 Å². The zero-order valence-electron chi connectivity index (χ0n) is 12.4. The smallest absolute Gasteiger partial charge is 0.241 e. The summed E-state index contributed by atoms with van der Waals surface area (Å²) in [5.41, 5.74) is 0.916. The molecule has 21 heavy (non-hydrogen) atoms. The predicted molar refractivity (Wildman–Crippen MR) is 77.0 cm³/mol. The fourth-order valence-corrected chi connectivity index (χ4v) is 3.12. The van der Waals surface area contributed by atoms with Crippen molar-refractivity contribution in [2.45, 2.75) is 38.5 Å². The number of ether oxygens (including phenoxy) is 1. The molecule has 1 aromatic rings. The van der Waals surface area contributed by atoms with Crippen LogP contribution >= 0.6 is 0 Å². The Bertz CT molecular complexity index is 512. The van der Waals surface area contributed by atoms with E-state index in [9.17, 15) is 9.18 Å². The van der Waals surface area contributed by atoms with Gasteiger partial charge in [0.2, 0.25) is 5.91 Å². The van der Waals surface area contributed by atoms with Crippen molar-refractivity contribution in [2.24, 2.45) is 5.92 Å². The van der Waals surface area contributed by atoms with Crippen LogP contribution in [0.25, 0.3) is 0 Å². The lowest BCUT2D eigenvalue weighted by molar-refractivity contribution is -0.133. The Morgan fingerprint density at radius 3 is 2.62 bits per heavy atom. The molecule has 1 aromatic carbocycles. The second-order valence-corrected chi connectivity index (χ2v) is 6.11. The standard InChI is InChI=1S/C16H21FN2O2/c1-10(2)14-16(20)19(13-7-8-21-9-13)15(18-14)11-3-5-12(17)6-4-11/h3-6,10,13-15,18H,7-9H2,1-2H3. The molecule has 0 aliphatic carbocycles. The maximum Gasteiger partial charge on any atom is 0.241 e. The molecule has 114 valence electrons. The Kier molecular flexibility index (Phi) is 3.95. The summed E-state index contributed by atoms with van der Waals surface area (Å²) < 4.78 is 18.6. The van der Waals surface area contributed by atoms with Crippen LogP contribution in [-0.4, -0.2) is 36.1 Å². The molecule has 4 nitrogen and oxygen atoms in total. The number of nitrogens with zero attached hydrogens (tertiary/aromatic N) is 1. The molecule has 1 amide bonds. The van der Waals surface area contributed by atoms with Gasteiger partial charge in [0.15, 0.2) is 0 Å². The largest absolute Gasteiger partial charge is 0.379 e. The van der Waals surface area contributed by atoms with Gasteiger partial charge in [-0.3, -0.25) is 10.1 Å². The van der Waals surface area contributed by atoms with Crippen molar-refractivity contribution in [2.75, 3.05) is 13.2 Å². The van der Waals surface area contributed by atoms with Gasteiger partial charge in [0.25, 0.3) is 0 Å². The third-order valence-electron chi connectivity index (χ3n) is 4.29. The van der Waals surface area contributed by atoms with E-state index in [2.05, 4.69) is 5.32 Å². The van der Waals surface area contributed by atoms with E-state index in [0.29, 0.717) is 13.2 Å². The number of carbonyl (C=O) groups is 1. The second-order valence-electron chi connectivity index (χ2n) is 6.11. The van der Waals surface area contributed by atoms with Gasteiger partial charge in [-0.2, -0.15) is 0 Å². The van der Waals surface area contributed by atoms with Crippen molar-refractivity contribution in [1.82, 2.24) is 10.2 Å². The van der Waals surface area contributed by atoms with Gasteiger partial charge in [-0.05, 0) is 30.0 Å². The highest BCUT2D eigenvalue weighted by Gasteiger charge is 2.45. The number of carbonyl (C=O) groups excluding carboxylic acids is 1. The lowest BCUT2D eigenvalue weighted by Gasteiger charge is -2.29. The number of benzene rings is 1. The number of rotatable bonds is 3. The molecule has 3 atom stereocenters. The van der Waals surface area contributed by atoms with Gasteiger partial charge < -0.3 is 9.64 Å². The number of hydrogen-bond donors (Lipinski definition) is 1. The van der Waals surface area contributed by atoms with Crippen LogP contribution in [-0.2, 0) is 9.53 Å². The predicted octanol–water partition coefficient (Wildman–Crippen LogP) is 2.07. The highest BCUT2D eigenvalue weighted by molar-refractivity contribution is 5.85. The molecule has 2 heterocycles. The molecule has 0 spiro atoms. The van der Waals surface area contributed by atoms with Crippen LogP contribution in [0.3, 0.4) is 0 Å². The molecule has 5 heteroatoms. The van der Waals surface area contributed by atoms with Gasteiger partial charge in [-0.15, -0.1) is 0 Å². The van der Waals surface area contributed by atoms with Gasteiger partial charge in [0, 0.05) is 6.61 Å². The highest BCUT2D eigenvalue weighted by Crippen LogP contribution is 2.32. The van der Waals surface area contributed by atoms with Crippen LogP contribution in [0, 0.1) is 11.7 Å². The van der Waals surface area contributed by atoms with Gasteiger partial charge in [0.05, 0.1) is 18.7 Å². The maximum atomic E-state index is 13.1. The minimum atomic E-state index is -0.265.